The lowest BCUT2D eigenvalue weighted by atomic mass is 10.3. The van der Waals surface area contributed by atoms with Gasteiger partial charge in [0.2, 0.25) is 15.8 Å². The number of sulfonamides is 1. The zero-order chi connectivity index (χ0) is 14.8. The van der Waals surface area contributed by atoms with Crippen molar-refractivity contribution < 1.29 is 13.3 Å². The molecule has 9 heteroatoms. The molecule has 110 valence electrons. The normalized spacial score (nSPS) is 17.1. The predicted molar refractivity (Wildman–Crippen MR) is 74.1 cm³/mol. The first-order valence-corrected chi connectivity index (χ1v) is 7.89. The first-order chi connectivity index (χ1) is 9.45. The van der Waals surface area contributed by atoms with E-state index in [2.05, 4.69) is 4.98 Å². The van der Waals surface area contributed by atoms with Gasteiger partial charge < -0.3 is 4.90 Å². The summed E-state index contributed by atoms with van der Waals surface area (Å²) in [6.45, 7) is 3.05. The smallest absolute Gasteiger partial charge is 0.311 e. The molecule has 8 nitrogen and oxygen atoms in total. The molecule has 0 aromatic carbocycles. The molecule has 1 aromatic rings. The average molecular weight is 300 g/mol. The number of nitrogens with zero attached hydrogens (tertiary/aromatic N) is 4. The molecule has 1 aromatic heterocycles. The van der Waals surface area contributed by atoms with E-state index in [0.717, 1.165) is 0 Å². The van der Waals surface area contributed by atoms with Crippen molar-refractivity contribution in [3.63, 3.8) is 0 Å². The van der Waals surface area contributed by atoms with Gasteiger partial charge in [-0.2, -0.15) is 4.31 Å². The van der Waals surface area contributed by atoms with Crippen LogP contribution in [0.15, 0.2) is 18.3 Å². The lowest BCUT2D eigenvalue weighted by Gasteiger charge is -2.34. The van der Waals surface area contributed by atoms with Gasteiger partial charge in [-0.3, -0.25) is 10.1 Å². The second kappa shape index (κ2) is 5.71. The number of pyridine rings is 1. The SMILES string of the molecule is CCS(=O)(=O)N1CCN(c2ncccc2[N+](=O)[O-])CC1. The Labute approximate surface area is 117 Å². The van der Waals surface area contributed by atoms with Crippen LogP contribution < -0.4 is 4.90 Å². The van der Waals surface area contributed by atoms with Gasteiger partial charge in [0.25, 0.3) is 0 Å². The summed E-state index contributed by atoms with van der Waals surface area (Å²) in [6, 6.07) is 2.91. The van der Waals surface area contributed by atoms with Crippen molar-refractivity contribution in [2.24, 2.45) is 0 Å². The zero-order valence-corrected chi connectivity index (χ0v) is 11.9. The largest absolute Gasteiger partial charge is 0.348 e. The number of nitro groups is 1. The quantitative estimate of drug-likeness (QED) is 0.592. The number of hydrogen-bond acceptors (Lipinski definition) is 6. The van der Waals surface area contributed by atoms with Gasteiger partial charge in [-0.25, -0.2) is 13.4 Å². The lowest BCUT2D eigenvalue weighted by molar-refractivity contribution is -0.384. The van der Waals surface area contributed by atoms with Crippen LogP contribution in [-0.2, 0) is 10.0 Å². The highest BCUT2D eigenvalue weighted by molar-refractivity contribution is 7.89. The maximum absolute atomic E-state index is 11.8. The monoisotopic (exact) mass is 300 g/mol. The molecule has 1 aliphatic rings. The van der Waals surface area contributed by atoms with E-state index in [1.807, 2.05) is 0 Å². The number of anilines is 1. The Bertz CT molecular complexity index is 596. The molecule has 0 unspecified atom stereocenters. The Morgan fingerprint density at radius 3 is 2.55 bits per heavy atom. The Morgan fingerprint density at radius 2 is 2.00 bits per heavy atom. The molecule has 0 saturated carbocycles. The lowest BCUT2D eigenvalue weighted by Crippen LogP contribution is -2.49. The standard InChI is InChI=1S/C11H16N4O4S/c1-2-20(18,19)14-8-6-13(7-9-14)11-10(15(16)17)4-3-5-12-11/h3-5H,2,6-9H2,1H3. The summed E-state index contributed by atoms with van der Waals surface area (Å²) in [5, 5.41) is 11.0. The van der Waals surface area contributed by atoms with Crippen molar-refractivity contribution in [3.05, 3.63) is 28.4 Å². The maximum atomic E-state index is 11.8. The molecule has 0 aliphatic carbocycles. The average Bonchev–Trinajstić information content (AvgIpc) is 2.47. The van der Waals surface area contributed by atoms with Gasteiger partial charge >= 0.3 is 5.69 Å². The molecular formula is C11H16N4O4S. The summed E-state index contributed by atoms with van der Waals surface area (Å²) < 4.78 is 24.9. The summed E-state index contributed by atoms with van der Waals surface area (Å²) in [5.41, 5.74) is -0.0562. The molecule has 0 spiro atoms. The van der Waals surface area contributed by atoms with Crippen molar-refractivity contribution >= 4 is 21.5 Å². The van der Waals surface area contributed by atoms with E-state index in [1.165, 1.54) is 22.6 Å². The maximum Gasteiger partial charge on any atom is 0.311 e. The molecule has 0 N–H and O–H groups in total. The van der Waals surface area contributed by atoms with Crippen LogP contribution in [0, 0.1) is 10.1 Å². The summed E-state index contributed by atoms with van der Waals surface area (Å²) in [7, 11) is -3.20. The molecule has 2 rings (SSSR count). The fraction of sp³-hybridized carbons (Fsp3) is 0.545. The summed E-state index contributed by atoms with van der Waals surface area (Å²) in [4.78, 5) is 16.3. The fourth-order valence-electron chi connectivity index (χ4n) is 2.14. The van der Waals surface area contributed by atoms with E-state index in [4.69, 9.17) is 0 Å². The van der Waals surface area contributed by atoms with Crippen LogP contribution in [0.3, 0.4) is 0 Å². The third-order valence-corrected chi connectivity index (χ3v) is 5.14. The summed E-state index contributed by atoms with van der Waals surface area (Å²) in [5.74, 6) is 0.363. The van der Waals surface area contributed by atoms with Crippen LogP contribution in [0.2, 0.25) is 0 Å². The van der Waals surface area contributed by atoms with Crippen LogP contribution in [0.4, 0.5) is 11.5 Å². The molecule has 0 amide bonds. The van der Waals surface area contributed by atoms with E-state index >= 15 is 0 Å². The van der Waals surface area contributed by atoms with Crippen molar-refractivity contribution in [2.75, 3.05) is 36.8 Å². The first-order valence-electron chi connectivity index (χ1n) is 6.28. The molecule has 1 saturated heterocycles. The highest BCUT2D eigenvalue weighted by Crippen LogP contribution is 2.26. The molecule has 0 bridgehead atoms. The molecule has 2 heterocycles. The van der Waals surface area contributed by atoms with E-state index in [1.54, 1.807) is 11.8 Å². The van der Waals surface area contributed by atoms with Gasteiger partial charge in [-0.1, -0.05) is 0 Å². The van der Waals surface area contributed by atoms with Gasteiger partial charge in [0.1, 0.15) is 0 Å². The number of rotatable bonds is 4. The van der Waals surface area contributed by atoms with Crippen molar-refractivity contribution in [2.45, 2.75) is 6.92 Å². The molecule has 20 heavy (non-hydrogen) atoms. The zero-order valence-electron chi connectivity index (χ0n) is 11.1. The minimum absolute atomic E-state index is 0.0562. The highest BCUT2D eigenvalue weighted by Gasteiger charge is 2.28. The molecule has 0 atom stereocenters. The fourth-order valence-corrected chi connectivity index (χ4v) is 3.22. The number of piperazine rings is 1. The van der Waals surface area contributed by atoms with Crippen LogP contribution >= 0.6 is 0 Å². The van der Waals surface area contributed by atoms with Gasteiger partial charge in [0, 0.05) is 38.4 Å². The summed E-state index contributed by atoms with van der Waals surface area (Å²) >= 11 is 0. The summed E-state index contributed by atoms with van der Waals surface area (Å²) in [6.07, 6.45) is 1.50. The van der Waals surface area contributed by atoms with Gasteiger partial charge in [0.15, 0.2) is 0 Å². The predicted octanol–water partition coefficient (Wildman–Crippen LogP) is 0.462. The first kappa shape index (κ1) is 14.7. The van der Waals surface area contributed by atoms with Crippen molar-refractivity contribution in [1.29, 1.82) is 0 Å². The van der Waals surface area contributed by atoms with E-state index in [0.29, 0.717) is 32.0 Å². The Balaban J connectivity index is 2.14. The Morgan fingerprint density at radius 1 is 1.35 bits per heavy atom. The van der Waals surface area contributed by atoms with Crippen molar-refractivity contribution in [1.82, 2.24) is 9.29 Å². The van der Waals surface area contributed by atoms with Gasteiger partial charge in [-0.05, 0) is 13.0 Å². The van der Waals surface area contributed by atoms with Crippen LogP contribution in [0.5, 0.6) is 0 Å². The third kappa shape index (κ3) is 2.88. The van der Waals surface area contributed by atoms with Gasteiger partial charge in [0.05, 0.1) is 10.7 Å². The number of aromatic nitrogens is 1. The van der Waals surface area contributed by atoms with Crippen molar-refractivity contribution in [3.8, 4) is 0 Å². The van der Waals surface area contributed by atoms with Crippen LogP contribution in [-0.4, -0.2) is 54.6 Å². The van der Waals surface area contributed by atoms with E-state index in [9.17, 15) is 18.5 Å². The Hall–Kier alpha value is -1.74. The van der Waals surface area contributed by atoms with E-state index < -0.39 is 14.9 Å². The highest BCUT2D eigenvalue weighted by atomic mass is 32.2. The third-order valence-electron chi connectivity index (χ3n) is 3.26. The molecular weight excluding hydrogens is 284 g/mol. The minimum Gasteiger partial charge on any atom is -0.348 e. The van der Waals surface area contributed by atoms with Crippen LogP contribution in [0.25, 0.3) is 0 Å². The topological polar surface area (TPSA) is 96.7 Å². The molecule has 1 fully saturated rings. The Kier molecular flexibility index (Phi) is 4.19. The number of hydrogen-bond donors (Lipinski definition) is 0. The second-order valence-corrected chi connectivity index (χ2v) is 6.65. The molecule has 0 radical (unpaired) electrons. The van der Waals surface area contributed by atoms with E-state index in [-0.39, 0.29) is 11.4 Å². The van der Waals surface area contributed by atoms with Crippen LogP contribution in [0.1, 0.15) is 6.92 Å². The minimum atomic E-state index is -3.20. The van der Waals surface area contributed by atoms with Gasteiger partial charge in [-0.15, -0.1) is 0 Å². The molecule has 1 aliphatic heterocycles. The second-order valence-electron chi connectivity index (χ2n) is 4.39.